The molecule has 0 spiro atoms. The lowest BCUT2D eigenvalue weighted by atomic mass is 10.1. The molecule has 0 aromatic heterocycles. The molecule has 1 fully saturated rings. The third-order valence-corrected chi connectivity index (χ3v) is 4.16. The van der Waals surface area contributed by atoms with Crippen molar-refractivity contribution >= 4 is 33.5 Å². The summed E-state index contributed by atoms with van der Waals surface area (Å²) in [6.07, 6.45) is -0.245. The van der Waals surface area contributed by atoms with Crippen LogP contribution >= 0.6 is 15.9 Å². The van der Waals surface area contributed by atoms with Crippen LogP contribution < -0.4 is 4.90 Å². The number of carbonyl (C=O) groups is 2. The van der Waals surface area contributed by atoms with E-state index in [0.29, 0.717) is 25.3 Å². The number of ether oxygens (including phenoxy) is 1. The quantitative estimate of drug-likeness (QED) is 0.783. The van der Waals surface area contributed by atoms with Gasteiger partial charge >= 0.3 is 6.09 Å². The number of ketones is 1. The van der Waals surface area contributed by atoms with Gasteiger partial charge in [0.2, 0.25) is 0 Å². The zero-order valence-electron chi connectivity index (χ0n) is 12.3. The van der Waals surface area contributed by atoms with Crippen molar-refractivity contribution < 1.29 is 14.3 Å². The van der Waals surface area contributed by atoms with Gasteiger partial charge in [-0.1, -0.05) is 0 Å². The topological polar surface area (TPSA) is 49.9 Å². The molecule has 1 saturated heterocycles. The van der Waals surface area contributed by atoms with Crippen LogP contribution in [0.25, 0.3) is 0 Å². The number of anilines is 1. The van der Waals surface area contributed by atoms with Crippen LogP contribution in [0, 0.1) is 0 Å². The maximum absolute atomic E-state index is 11.7. The fraction of sp³-hybridized carbons (Fsp3) is 0.467. The van der Waals surface area contributed by atoms with Crippen LogP contribution in [0.15, 0.2) is 22.7 Å². The molecule has 0 aliphatic carbocycles. The first-order chi connectivity index (χ1) is 10.0. The van der Waals surface area contributed by atoms with Gasteiger partial charge in [-0.3, -0.25) is 4.79 Å². The molecule has 6 heteroatoms. The molecule has 0 radical (unpaired) electrons. The standard InChI is InChI=1S/C15H19BrN2O3/c1-3-21-15(20)18-8-6-17(7-9-18)12-4-5-13(11(2)19)14(16)10-12/h4-5,10H,3,6-9H2,1-2H3. The molecule has 1 aromatic carbocycles. The molecule has 2 rings (SSSR count). The number of rotatable bonds is 3. The summed E-state index contributed by atoms with van der Waals surface area (Å²) in [7, 11) is 0. The molecule has 0 bridgehead atoms. The molecule has 1 aliphatic rings. The molecule has 1 heterocycles. The number of Topliss-reactive ketones (excluding diaryl/α,β-unsaturated/α-hetero) is 1. The number of benzene rings is 1. The number of halogens is 1. The molecular weight excluding hydrogens is 336 g/mol. The Bertz CT molecular complexity index is 540. The Kier molecular flexibility index (Phi) is 5.22. The second-order valence-electron chi connectivity index (χ2n) is 4.89. The van der Waals surface area contributed by atoms with Gasteiger partial charge in [-0.15, -0.1) is 0 Å². The van der Waals surface area contributed by atoms with Gasteiger partial charge in [0.15, 0.2) is 5.78 Å². The van der Waals surface area contributed by atoms with E-state index in [1.165, 1.54) is 0 Å². The first-order valence-corrected chi connectivity index (χ1v) is 7.79. The van der Waals surface area contributed by atoms with Crippen molar-refractivity contribution in [1.82, 2.24) is 4.90 Å². The summed E-state index contributed by atoms with van der Waals surface area (Å²) >= 11 is 3.44. The summed E-state index contributed by atoms with van der Waals surface area (Å²) in [6, 6.07) is 5.73. The predicted octanol–water partition coefficient (Wildman–Crippen LogP) is 2.93. The van der Waals surface area contributed by atoms with E-state index < -0.39 is 0 Å². The Morgan fingerprint density at radius 1 is 1.24 bits per heavy atom. The summed E-state index contributed by atoms with van der Waals surface area (Å²) in [4.78, 5) is 27.0. The lowest BCUT2D eigenvalue weighted by Crippen LogP contribution is -2.49. The van der Waals surface area contributed by atoms with Gasteiger partial charge in [0.05, 0.1) is 6.61 Å². The molecule has 0 unspecified atom stereocenters. The number of hydrogen-bond acceptors (Lipinski definition) is 4. The van der Waals surface area contributed by atoms with Crippen molar-refractivity contribution in [3.8, 4) is 0 Å². The first kappa shape index (κ1) is 15.8. The van der Waals surface area contributed by atoms with Crippen molar-refractivity contribution in [2.75, 3.05) is 37.7 Å². The van der Waals surface area contributed by atoms with E-state index in [1.54, 1.807) is 11.8 Å². The average molecular weight is 355 g/mol. The second-order valence-corrected chi connectivity index (χ2v) is 5.75. The SMILES string of the molecule is CCOC(=O)N1CCN(c2ccc(C(C)=O)c(Br)c2)CC1. The van der Waals surface area contributed by atoms with E-state index in [-0.39, 0.29) is 11.9 Å². The maximum atomic E-state index is 11.7. The minimum absolute atomic E-state index is 0.0422. The highest BCUT2D eigenvalue weighted by atomic mass is 79.9. The van der Waals surface area contributed by atoms with Gasteiger partial charge in [0.1, 0.15) is 0 Å². The van der Waals surface area contributed by atoms with Crippen LogP contribution in [0.5, 0.6) is 0 Å². The summed E-state index contributed by atoms with van der Waals surface area (Å²) in [5, 5.41) is 0. The maximum Gasteiger partial charge on any atom is 0.409 e. The van der Waals surface area contributed by atoms with Crippen LogP contribution in [0.2, 0.25) is 0 Å². The number of nitrogens with zero attached hydrogens (tertiary/aromatic N) is 2. The minimum atomic E-state index is -0.245. The van der Waals surface area contributed by atoms with Crippen molar-refractivity contribution in [2.24, 2.45) is 0 Å². The second kappa shape index (κ2) is 6.93. The summed E-state index contributed by atoms with van der Waals surface area (Å²) in [6.45, 7) is 6.56. The van der Waals surface area contributed by atoms with E-state index in [0.717, 1.165) is 23.2 Å². The highest BCUT2D eigenvalue weighted by Gasteiger charge is 2.22. The third kappa shape index (κ3) is 3.75. The smallest absolute Gasteiger partial charge is 0.409 e. The average Bonchev–Trinajstić information content (AvgIpc) is 2.47. The normalized spacial score (nSPS) is 15.0. The zero-order valence-corrected chi connectivity index (χ0v) is 13.9. The summed E-state index contributed by atoms with van der Waals surface area (Å²) in [5.41, 5.74) is 1.74. The predicted molar refractivity (Wildman–Crippen MR) is 85.0 cm³/mol. The van der Waals surface area contributed by atoms with Gasteiger partial charge in [0, 0.05) is 41.9 Å². The monoisotopic (exact) mass is 354 g/mol. The Morgan fingerprint density at radius 2 is 1.90 bits per heavy atom. The highest BCUT2D eigenvalue weighted by molar-refractivity contribution is 9.10. The van der Waals surface area contributed by atoms with Crippen LogP contribution in [0.1, 0.15) is 24.2 Å². The van der Waals surface area contributed by atoms with Crippen LogP contribution in [0.4, 0.5) is 10.5 Å². The Morgan fingerprint density at radius 3 is 2.43 bits per heavy atom. The number of piperazine rings is 1. The van der Waals surface area contributed by atoms with Gasteiger partial charge in [0.25, 0.3) is 0 Å². The molecule has 1 amide bonds. The van der Waals surface area contributed by atoms with Crippen molar-refractivity contribution in [2.45, 2.75) is 13.8 Å². The molecule has 5 nitrogen and oxygen atoms in total. The Hall–Kier alpha value is -1.56. The molecule has 21 heavy (non-hydrogen) atoms. The van der Waals surface area contributed by atoms with Crippen molar-refractivity contribution in [3.05, 3.63) is 28.2 Å². The van der Waals surface area contributed by atoms with E-state index in [4.69, 9.17) is 4.74 Å². The zero-order chi connectivity index (χ0) is 15.4. The molecule has 114 valence electrons. The van der Waals surface area contributed by atoms with E-state index in [9.17, 15) is 9.59 Å². The summed E-state index contributed by atoms with van der Waals surface area (Å²) in [5.74, 6) is 0.0422. The lowest BCUT2D eigenvalue weighted by Gasteiger charge is -2.35. The minimum Gasteiger partial charge on any atom is -0.450 e. The molecule has 0 saturated carbocycles. The van der Waals surface area contributed by atoms with Gasteiger partial charge in [-0.05, 0) is 48.0 Å². The van der Waals surface area contributed by atoms with Crippen LogP contribution in [-0.2, 0) is 4.74 Å². The lowest BCUT2D eigenvalue weighted by molar-refractivity contribution is 0.101. The van der Waals surface area contributed by atoms with E-state index >= 15 is 0 Å². The van der Waals surface area contributed by atoms with Crippen molar-refractivity contribution in [3.63, 3.8) is 0 Å². The van der Waals surface area contributed by atoms with Gasteiger partial charge in [-0.25, -0.2) is 4.79 Å². The highest BCUT2D eigenvalue weighted by Crippen LogP contribution is 2.25. The van der Waals surface area contributed by atoms with E-state index in [2.05, 4.69) is 20.8 Å². The molecular formula is C15H19BrN2O3. The van der Waals surface area contributed by atoms with Crippen LogP contribution in [-0.4, -0.2) is 49.6 Å². The van der Waals surface area contributed by atoms with E-state index in [1.807, 2.05) is 25.1 Å². The molecule has 1 aliphatic heterocycles. The number of amides is 1. The van der Waals surface area contributed by atoms with Crippen molar-refractivity contribution in [1.29, 1.82) is 0 Å². The molecule has 0 N–H and O–H groups in total. The Labute approximate surface area is 133 Å². The molecule has 1 aromatic rings. The third-order valence-electron chi connectivity index (χ3n) is 3.50. The number of hydrogen-bond donors (Lipinski definition) is 0. The van der Waals surface area contributed by atoms with Gasteiger partial charge < -0.3 is 14.5 Å². The molecule has 0 atom stereocenters. The van der Waals surface area contributed by atoms with Crippen LogP contribution in [0.3, 0.4) is 0 Å². The fourth-order valence-corrected chi connectivity index (χ4v) is 2.99. The summed E-state index contributed by atoms with van der Waals surface area (Å²) < 4.78 is 5.81. The largest absolute Gasteiger partial charge is 0.450 e. The number of carbonyl (C=O) groups excluding carboxylic acids is 2. The fourth-order valence-electron chi connectivity index (χ4n) is 2.35. The first-order valence-electron chi connectivity index (χ1n) is 7.00. The Balaban J connectivity index is 2.01. The van der Waals surface area contributed by atoms with Gasteiger partial charge in [-0.2, -0.15) is 0 Å².